The number of benzene rings is 1. The van der Waals surface area contributed by atoms with Crippen molar-refractivity contribution in [1.82, 2.24) is 0 Å². The molecule has 0 saturated carbocycles. The summed E-state index contributed by atoms with van der Waals surface area (Å²) in [6.07, 6.45) is -0.0223. The number of hydrogen-bond acceptors (Lipinski definition) is 4. The third-order valence-corrected chi connectivity index (χ3v) is 6.15. The van der Waals surface area contributed by atoms with Gasteiger partial charge in [0.15, 0.2) is 0 Å². The largest absolute Gasteiger partial charge is 0.481 e. The van der Waals surface area contributed by atoms with Crippen LogP contribution in [0.2, 0.25) is 0 Å². The zero-order valence-corrected chi connectivity index (χ0v) is 15.8. The predicted molar refractivity (Wildman–Crippen MR) is 101 cm³/mol. The van der Waals surface area contributed by atoms with Crippen molar-refractivity contribution >= 4 is 24.4 Å². The van der Waals surface area contributed by atoms with Crippen LogP contribution in [0.1, 0.15) is 44.8 Å². The van der Waals surface area contributed by atoms with Crippen LogP contribution in [0.3, 0.4) is 0 Å². The van der Waals surface area contributed by atoms with Gasteiger partial charge in [-0.1, -0.05) is 30.3 Å². The number of carboxylic acid groups (broad SMARTS) is 1. The van der Waals surface area contributed by atoms with E-state index in [0.29, 0.717) is 0 Å². The second-order valence-corrected chi connectivity index (χ2v) is 8.38. The fourth-order valence-corrected chi connectivity index (χ4v) is 3.93. The first-order valence-corrected chi connectivity index (χ1v) is 9.29. The average molecular weight is 358 g/mol. The zero-order chi connectivity index (χ0) is 18.2. The van der Waals surface area contributed by atoms with Crippen molar-refractivity contribution in [2.75, 3.05) is 0 Å². The topological polar surface area (TPSA) is 55.8 Å². The molecule has 0 radical (unpaired) electrons. The SMILES string of the molecule is CC1(C)OB(C(CC(=O)O)c2cc(-c3ccccc3)cs2)OC1(C)C. The van der Waals surface area contributed by atoms with E-state index in [1.165, 1.54) is 0 Å². The smallest absolute Gasteiger partial charge is 0.467 e. The van der Waals surface area contributed by atoms with Crippen LogP contribution in [-0.4, -0.2) is 29.4 Å². The quantitative estimate of drug-likeness (QED) is 0.794. The van der Waals surface area contributed by atoms with Crippen LogP contribution in [0.15, 0.2) is 41.8 Å². The Labute approximate surface area is 152 Å². The molecule has 1 aromatic carbocycles. The molecule has 1 saturated heterocycles. The predicted octanol–water partition coefficient (Wildman–Crippen LogP) is 4.60. The summed E-state index contributed by atoms with van der Waals surface area (Å²) in [4.78, 5) is 12.4. The third-order valence-electron chi connectivity index (χ3n) is 5.09. The lowest BCUT2D eigenvalue weighted by Gasteiger charge is -2.32. The Kier molecular flexibility index (Phi) is 4.79. The Hall–Kier alpha value is -1.63. The molecule has 0 spiro atoms. The maximum absolute atomic E-state index is 11.4. The summed E-state index contributed by atoms with van der Waals surface area (Å²) in [6.45, 7) is 7.92. The van der Waals surface area contributed by atoms with Crippen LogP contribution in [0, 0.1) is 0 Å². The maximum Gasteiger partial charge on any atom is 0.467 e. The fourth-order valence-electron chi connectivity index (χ4n) is 2.90. The van der Waals surface area contributed by atoms with Crippen molar-refractivity contribution < 1.29 is 19.2 Å². The lowest BCUT2D eigenvalue weighted by atomic mass is 9.69. The van der Waals surface area contributed by atoms with E-state index in [4.69, 9.17) is 9.31 Å². The monoisotopic (exact) mass is 358 g/mol. The van der Waals surface area contributed by atoms with E-state index < -0.39 is 24.3 Å². The first-order chi connectivity index (χ1) is 11.7. The zero-order valence-electron chi connectivity index (χ0n) is 15.0. The van der Waals surface area contributed by atoms with Gasteiger partial charge in [0.25, 0.3) is 0 Å². The lowest BCUT2D eigenvalue weighted by Crippen LogP contribution is -2.41. The molecule has 1 unspecified atom stereocenters. The summed E-state index contributed by atoms with van der Waals surface area (Å²) >= 11 is 1.56. The number of carboxylic acids is 1. The normalized spacial score (nSPS) is 19.8. The van der Waals surface area contributed by atoms with E-state index in [1.54, 1.807) is 11.3 Å². The van der Waals surface area contributed by atoms with Crippen molar-refractivity contribution in [3.05, 3.63) is 46.7 Å². The summed E-state index contributed by atoms with van der Waals surface area (Å²) < 4.78 is 12.2. The van der Waals surface area contributed by atoms with Gasteiger partial charge in [-0.15, -0.1) is 11.3 Å². The van der Waals surface area contributed by atoms with E-state index in [9.17, 15) is 9.90 Å². The first-order valence-electron chi connectivity index (χ1n) is 8.41. The Morgan fingerprint density at radius 2 is 1.72 bits per heavy atom. The Balaban J connectivity index is 1.90. The molecular weight excluding hydrogens is 335 g/mol. The van der Waals surface area contributed by atoms with Gasteiger partial charge < -0.3 is 14.4 Å². The molecule has 1 aliphatic heterocycles. The van der Waals surface area contributed by atoms with Gasteiger partial charge in [-0.2, -0.15) is 0 Å². The number of carbonyl (C=O) groups is 1. The standard InChI is InChI=1S/C19H23BO4S/c1-18(2)19(3,4)24-20(23-18)15(11-17(21)22)16-10-14(12-25-16)13-8-6-5-7-9-13/h5-10,12,15H,11H2,1-4H3,(H,21,22). The molecule has 25 heavy (non-hydrogen) atoms. The highest BCUT2D eigenvalue weighted by atomic mass is 32.1. The van der Waals surface area contributed by atoms with E-state index in [2.05, 4.69) is 11.4 Å². The maximum atomic E-state index is 11.4. The summed E-state index contributed by atoms with van der Waals surface area (Å²) in [5.41, 5.74) is 1.25. The second-order valence-electron chi connectivity index (χ2n) is 7.43. The molecule has 0 amide bonds. The van der Waals surface area contributed by atoms with Gasteiger partial charge in [0.05, 0.1) is 17.6 Å². The summed E-state index contributed by atoms with van der Waals surface area (Å²) in [7, 11) is -0.566. The summed E-state index contributed by atoms with van der Waals surface area (Å²) in [5.74, 6) is -1.18. The molecule has 1 N–H and O–H groups in total. The highest BCUT2D eigenvalue weighted by molar-refractivity contribution is 7.10. The van der Waals surface area contributed by atoms with Crippen LogP contribution in [0.25, 0.3) is 11.1 Å². The Morgan fingerprint density at radius 3 is 2.28 bits per heavy atom. The summed E-state index contributed by atoms with van der Waals surface area (Å²) in [6, 6.07) is 12.1. The van der Waals surface area contributed by atoms with Crippen LogP contribution in [-0.2, 0) is 14.1 Å². The van der Waals surface area contributed by atoms with Gasteiger partial charge in [-0.3, -0.25) is 4.79 Å². The van der Waals surface area contributed by atoms with E-state index >= 15 is 0 Å². The molecule has 1 atom stereocenters. The Morgan fingerprint density at radius 1 is 1.12 bits per heavy atom. The van der Waals surface area contributed by atoms with Crippen LogP contribution < -0.4 is 0 Å². The molecule has 1 aromatic heterocycles. The minimum Gasteiger partial charge on any atom is -0.481 e. The molecule has 1 aliphatic rings. The molecule has 132 valence electrons. The molecule has 3 rings (SSSR count). The highest BCUT2D eigenvalue weighted by Gasteiger charge is 2.54. The van der Waals surface area contributed by atoms with Crippen molar-refractivity contribution in [2.24, 2.45) is 0 Å². The van der Waals surface area contributed by atoms with Crippen LogP contribution in [0.5, 0.6) is 0 Å². The van der Waals surface area contributed by atoms with E-state index in [1.807, 2.05) is 58.0 Å². The molecule has 0 bridgehead atoms. The molecule has 2 heterocycles. The minimum atomic E-state index is -0.852. The number of rotatable bonds is 5. The number of thiophene rings is 1. The van der Waals surface area contributed by atoms with E-state index in [0.717, 1.165) is 16.0 Å². The number of hydrogen-bond donors (Lipinski definition) is 1. The molecule has 4 nitrogen and oxygen atoms in total. The lowest BCUT2D eigenvalue weighted by molar-refractivity contribution is -0.137. The summed E-state index contributed by atoms with van der Waals surface area (Å²) in [5, 5.41) is 11.4. The van der Waals surface area contributed by atoms with Crippen molar-refractivity contribution in [2.45, 2.75) is 51.1 Å². The van der Waals surface area contributed by atoms with Crippen molar-refractivity contribution in [3.63, 3.8) is 0 Å². The van der Waals surface area contributed by atoms with Gasteiger partial charge in [0, 0.05) is 10.7 Å². The van der Waals surface area contributed by atoms with Gasteiger partial charge in [-0.25, -0.2) is 0 Å². The van der Waals surface area contributed by atoms with Gasteiger partial charge in [0.1, 0.15) is 0 Å². The average Bonchev–Trinajstić information content (AvgIpc) is 3.09. The second kappa shape index (κ2) is 6.59. The molecule has 0 aliphatic carbocycles. The molecule has 6 heteroatoms. The highest BCUT2D eigenvalue weighted by Crippen LogP contribution is 2.43. The van der Waals surface area contributed by atoms with Gasteiger partial charge >= 0.3 is 13.1 Å². The van der Waals surface area contributed by atoms with Gasteiger partial charge in [0.2, 0.25) is 0 Å². The van der Waals surface area contributed by atoms with Crippen LogP contribution >= 0.6 is 11.3 Å². The van der Waals surface area contributed by atoms with Crippen molar-refractivity contribution in [1.29, 1.82) is 0 Å². The molecule has 2 aromatic rings. The fraction of sp³-hybridized carbons (Fsp3) is 0.421. The van der Waals surface area contributed by atoms with E-state index in [-0.39, 0.29) is 12.2 Å². The Bertz CT molecular complexity index is 738. The van der Waals surface area contributed by atoms with Gasteiger partial charge in [-0.05, 0) is 50.3 Å². The molecule has 1 fully saturated rings. The first kappa shape index (κ1) is 18.2. The number of aliphatic carboxylic acids is 1. The molecular formula is C19H23BO4S. The third kappa shape index (κ3) is 3.66. The minimum absolute atomic E-state index is 0.0223. The van der Waals surface area contributed by atoms with Crippen LogP contribution in [0.4, 0.5) is 0 Å². The van der Waals surface area contributed by atoms with Crippen molar-refractivity contribution in [3.8, 4) is 11.1 Å².